The maximum Gasteiger partial charge on any atom is 0.256 e. The first kappa shape index (κ1) is 23.5. The Morgan fingerprint density at radius 3 is 2.38 bits per heavy atom. The van der Waals surface area contributed by atoms with Crippen molar-refractivity contribution in [1.29, 1.82) is 0 Å². The molecule has 1 heterocycles. The molecule has 8 nitrogen and oxygen atoms in total. The molecule has 2 N–H and O–H groups in total. The van der Waals surface area contributed by atoms with E-state index in [9.17, 15) is 26.8 Å². The molecule has 0 spiro atoms. The molecule has 0 atom stereocenters. The van der Waals surface area contributed by atoms with Crippen molar-refractivity contribution in [3.8, 4) is 5.75 Å². The molecule has 2 amide bonds. The predicted molar refractivity (Wildman–Crippen MR) is 115 cm³/mol. The summed E-state index contributed by atoms with van der Waals surface area (Å²) in [5, 5.41) is 2.75. The van der Waals surface area contributed by atoms with Crippen LogP contribution in [0.3, 0.4) is 0 Å². The van der Waals surface area contributed by atoms with Crippen molar-refractivity contribution in [3.63, 3.8) is 0 Å². The molecule has 0 aromatic heterocycles. The summed E-state index contributed by atoms with van der Waals surface area (Å²) in [5.41, 5.74) is 0.363. The fourth-order valence-corrected chi connectivity index (χ4v) is 4.05. The highest BCUT2D eigenvalue weighted by Crippen LogP contribution is 2.29. The monoisotopic (exact) mass is 467 g/mol. The number of carbonyl (C=O) groups excluding carboxylic acids is 2. The van der Waals surface area contributed by atoms with Crippen LogP contribution in [0.25, 0.3) is 0 Å². The number of likely N-dealkylation sites (tertiary alicyclic amines) is 1. The van der Waals surface area contributed by atoms with Gasteiger partial charge in [-0.25, -0.2) is 17.2 Å². The molecule has 0 unspecified atom stereocenters. The van der Waals surface area contributed by atoms with Crippen LogP contribution in [0.15, 0.2) is 36.4 Å². The molecule has 2 aromatic rings. The zero-order valence-corrected chi connectivity index (χ0v) is 18.3. The number of anilines is 2. The van der Waals surface area contributed by atoms with Gasteiger partial charge >= 0.3 is 0 Å². The van der Waals surface area contributed by atoms with Gasteiger partial charge in [0.1, 0.15) is 17.4 Å². The van der Waals surface area contributed by atoms with Gasteiger partial charge in [-0.2, -0.15) is 0 Å². The molecule has 1 aliphatic rings. The second-order valence-corrected chi connectivity index (χ2v) is 9.22. The summed E-state index contributed by atoms with van der Waals surface area (Å²) in [4.78, 5) is 26.6. The lowest BCUT2D eigenvalue weighted by Crippen LogP contribution is -2.41. The Morgan fingerprint density at radius 1 is 1.09 bits per heavy atom. The summed E-state index contributed by atoms with van der Waals surface area (Å²) in [7, 11) is -2.15. The molecule has 0 radical (unpaired) electrons. The van der Waals surface area contributed by atoms with Crippen molar-refractivity contribution in [3.05, 3.63) is 53.6 Å². The van der Waals surface area contributed by atoms with E-state index >= 15 is 0 Å². The number of nitrogens with one attached hydrogen (secondary N) is 2. The van der Waals surface area contributed by atoms with E-state index in [0.29, 0.717) is 30.3 Å². The second kappa shape index (κ2) is 9.51. The minimum Gasteiger partial charge on any atom is -0.495 e. The largest absolute Gasteiger partial charge is 0.495 e. The van der Waals surface area contributed by atoms with Gasteiger partial charge in [0, 0.05) is 30.8 Å². The first-order valence-electron chi connectivity index (χ1n) is 9.78. The van der Waals surface area contributed by atoms with Crippen molar-refractivity contribution in [2.45, 2.75) is 12.8 Å². The lowest BCUT2D eigenvalue weighted by atomic mass is 9.95. The van der Waals surface area contributed by atoms with Crippen LogP contribution < -0.4 is 14.8 Å². The summed E-state index contributed by atoms with van der Waals surface area (Å²) < 4.78 is 57.5. The molecule has 0 saturated carbocycles. The molecule has 11 heteroatoms. The van der Waals surface area contributed by atoms with Crippen molar-refractivity contribution < 1.29 is 31.5 Å². The van der Waals surface area contributed by atoms with E-state index in [1.807, 2.05) is 0 Å². The Hall–Kier alpha value is -3.21. The third kappa shape index (κ3) is 5.72. The number of benzene rings is 2. The van der Waals surface area contributed by atoms with Gasteiger partial charge in [-0.1, -0.05) is 0 Å². The summed E-state index contributed by atoms with van der Waals surface area (Å²) in [6, 6.07) is 7.36. The highest BCUT2D eigenvalue weighted by Gasteiger charge is 2.29. The van der Waals surface area contributed by atoms with Crippen LogP contribution in [-0.2, 0) is 14.8 Å². The number of piperidine rings is 1. The Kier molecular flexibility index (Phi) is 6.97. The molecule has 1 aliphatic heterocycles. The Morgan fingerprint density at radius 2 is 1.78 bits per heavy atom. The van der Waals surface area contributed by atoms with E-state index < -0.39 is 27.6 Å². The minimum absolute atomic E-state index is 0.189. The van der Waals surface area contributed by atoms with Gasteiger partial charge in [0.25, 0.3) is 5.91 Å². The van der Waals surface area contributed by atoms with Crippen LogP contribution in [0.4, 0.5) is 20.2 Å². The summed E-state index contributed by atoms with van der Waals surface area (Å²) >= 11 is 0. The van der Waals surface area contributed by atoms with Crippen molar-refractivity contribution in [2.75, 3.05) is 36.5 Å². The molecular formula is C21H23F2N3O5S. The molecule has 172 valence electrons. The van der Waals surface area contributed by atoms with Gasteiger partial charge in [-0.15, -0.1) is 0 Å². The average Bonchev–Trinajstić information content (AvgIpc) is 2.72. The predicted octanol–water partition coefficient (Wildman–Crippen LogP) is 2.84. The standard InChI is InChI=1S/C21H23F2N3O5S/c1-31-19-6-4-15(12-18(19)25-32(2,29)30)24-20(27)13-7-9-26(10-8-13)21(28)16-5-3-14(22)11-17(16)23/h3-6,11-13,25H,7-10H2,1-2H3,(H,24,27). The Balaban J connectivity index is 1.62. The van der Waals surface area contributed by atoms with Gasteiger partial charge in [0.2, 0.25) is 15.9 Å². The number of hydrogen-bond donors (Lipinski definition) is 2. The van der Waals surface area contributed by atoms with Crippen molar-refractivity contribution in [1.82, 2.24) is 4.90 Å². The van der Waals surface area contributed by atoms with Crippen LogP contribution in [-0.4, -0.2) is 51.6 Å². The van der Waals surface area contributed by atoms with Crippen LogP contribution in [0.2, 0.25) is 0 Å². The maximum absolute atomic E-state index is 13.9. The first-order chi connectivity index (χ1) is 15.1. The van der Waals surface area contributed by atoms with E-state index in [2.05, 4.69) is 10.0 Å². The highest BCUT2D eigenvalue weighted by molar-refractivity contribution is 7.92. The van der Waals surface area contributed by atoms with Crippen molar-refractivity contribution >= 4 is 33.2 Å². The zero-order valence-electron chi connectivity index (χ0n) is 17.5. The third-order valence-electron chi connectivity index (χ3n) is 5.08. The minimum atomic E-state index is -3.55. The van der Waals surface area contributed by atoms with Gasteiger partial charge in [-0.05, 0) is 43.2 Å². The molecular weight excluding hydrogens is 444 g/mol. The fourth-order valence-electron chi connectivity index (χ4n) is 3.49. The molecule has 3 rings (SSSR count). The van der Waals surface area contributed by atoms with E-state index in [1.54, 1.807) is 6.07 Å². The van der Waals surface area contributed by atoms with Gasteiger partial charge in [0.15, 0.2) is 0 Å². The van der Waals surface area contributed by atoms with Crippen LogP contribution in [0.1, 0.15) is 23.2 Å². The Labute approximate surface area is 184 Å². The topological polar surface area (TPSA) is 105 Å². The molecule has 0 bridgehead atoms. The third-order valence-corrected chi connectivity index (χ3v) is 5.67. The smallest absolute Gasteiger partial charge is 0.256 e. The molecule has 32 heavy (non-hydrogen) atoms. The van der Waals surface area contributed by atoms with Gasteiger partial charge in [0.05, 0.1) is 24.6 Å². The number of halogens is 2. The quantitative estimate of drug-likeness (QED) is 0.680. The summed E-state index contributed by atoms with van der Waals surface area (Å²) in [6.07, 6.45) is 1.74. The number of rotatable bonds is 6. The number of hydrogen-bond acceptors (Lipinski definition) is 5. The SMILES string of the molecule is COc1ccc(NC(=O)C2CCN(C(=O)c3ccc(F)cc3F)CC2)cc1NS(C)(=O)=O. The summed E-state index contributed by atoms with van der Waals surface area (Å²) in [5.74, 6) is -2.59. The molecule has 1 fully saturated rings. The normalized spacial score (nSPS) is 14.7. The average molecular weight is 467 g/mol. The number of methoxy groups -OCH3 is 1. The second-order valence-electron chi connectivity index (χ2n) is 7.47. The molecule has 2 aromatic carbocycles. The fraction of sp³-hybridized carbons (Fsp3) is 0.333. The highest BCUT2D eigenvalue weighted by atomic mass is 32.2. The number of amides is 2. The molecule has 1 saturated heterocycles. The van der Waals surface area contributed by atoms with E-state index in [-0.39, 0.29) is 36.2 Å². The summed E-state index contributed by atoms with van der Waals surface area (Å²) in [6.45, 7) is 0.495. The first-order valence-corrected chi connectivity index (χ1v) is 11.7. The number of sulfonamides is 1. The van der Waals surface area contributed by atoms with Crippen LogP contribution >= 0.6 is 0 Å². The van der Waals surface area contributed by atoms with Crippen LogP contribution in [0, 0.1) is 17.6 Å². The maximum atomic E-state index is 13.9. The Bertz CT molecular complexity index is 1130. The number of carbonyl (C=O) groups is 2. The number of ether oxygens (including phenoxy) is 1. The van der Waals surface area contributed by atoms with Gasteiger partial charge in [-0.3, -0.25) is 14.3 Å². The molecule has 0 aliphatic carbocycles. The lowest BCUT2D eigenvalue weighted by Gasteiger charge is -2.31. The lowest BCUT2D eigenvalue weighted by molar-refractivity contribution is -0.121. The van der Waals surface area contributed by atoms with E-state index in [1.165, 1.54) is 24.1 Å². The zero-order chi connectivity index (χ0) is 23.5. The van der Waals surface area contributed by atoms with E-state index in [4.69, 9.17) is 4.74 Å². The van der Waals surface area contributed by atoms with Gasteiger partial charge < -0.3 is 15.0 Å². The van der Waals surface area contributed by atoms with Crippen LogP contribution in [0.5, 0.6) is 5.75 Å². The number of nitrogens with zero attached hydrogens (tertiary/aromatic N) is 1. The van der Waals surface area contributed by atoms with Crippen molar-refractivity contribution in [2.24, 2.45) is 5.92 Å². The van der Waals surface area contributed by atoms with E-state index in [0.717, 1.165) is 18.4 Å².